The topological polar surface area (TPSA) is 96.9 Å². The molecule has 2 aromatic rings. The van der Waals surface area contributed by atoms with Gasteiger partial charge in [-0.05, 0) is 31.2 Å². The van der Waals surface area contributed by atoms with Crippen molar-refractivity contribution in [3.63, 3.8) is 0 Å². The molecule has 0 aliphatic heterocycles. The van der Waals surface area contributed by atoms with Crippen molar-refractivity contribution in [2.75, 3.05) is 11.1 Å². The summed E-state index contributed by atoms with van der Waals surface area (Å²) >= 11 is 11.8. The van der Waals surface area contributed by atoms with Crippen molar-refractivity contribution >= 4 is 52.0 Å². The summed E-state index contributed by atoms with van der Waals surface area (Å²) in [5.74, 6) is -1.04. The fraction of sp³-hybridized carbons (Fsp3) is 0.125. The van der Waals surface area contributed by atoms with Crippen molar-refractivity contribution in [1.82, 2.24) is 0 Å². The highest BCUT2D eigenvalue weighted by molar-refractivity contribution is 6.44. The number of ketones is 1. The third-order valence-corrected chi connectivity index (χ3v) is 3.88. The number of carbonyl (C=O) groups is 2. The standard InChI is InChI=1S/C16H14Cl2N4O2/c1-9(23)15(16(24)20-10-5-3-2-4-6-10)22-21-12-8-7-11(17)13(18)14(12)19/h2-8,15H,19H2,1H3,(H,20,24). The van der Waals surface area contributed by atoms with E-state index in [9.17, 15) is 9.59 Å². The summed E-state index contributed by atoms with van der Waals surface area (Å²) in [6.45, 7) is 1.26. The van der Waals surface area contributed by atoms with Crippen LogP contribution in [-0.2, 0) is 9.59 Å². The number of anilines is 2. The molecular weight excluding hydrogens is 351 g/mol. The summed E-state index contributed by atoms with van der Waals surface area (Å²) in [6.07, 6.45) is 0. The lowest BCUT2D eigenvalue weighted by atomic mass is 10.2. The van der Waals surface area contributed by atoms with Gasteiger partial charge < -0.3 is 11.1 Å². The van der Waals surface area contributed by atoms with Crippen LogP contribution in [0.25, 0.3) is 0 Å². The highest BCUT2D eigenvalue weighted by atomic mass is 35.5. The number of carbonyl (C=O) groups excluding carboxylic acids is 2. The third-order valence-electron chi connectivity index (χ3n) is 3.07. The van der Waals surface area contributed by atoms with Gasteiger partial charge in [-0.3, -0.25) is 9.59 Å². The van der Waals surface area contributed by atoms with Gasteiger partial charge in [-0.2, -0.15) is 10.2 Å². The number of amides is 1. The van der Waals surface area contributed by atoms with Gasteiger partial charge in [0.15, 0.2) is 5.78 Å². The molecule has 0 heterocycles. The molecule has 0 aromatic heterocycles. The van der Waals surface area contributed by atoms with E-state index in [1.807, 2.05) is 6.07 Å². The van der Waals surface area contributed by atoms with E-state index in [1.54, 1.807) is 24.3 Å². The molecule has 2 rings (SSSR count). The number of nitrogens with zero attached hydrogens (tertiary/aromatic N) is 2. The van der Waals surface area contributed by atoms with Crippen molar-refractivity contribution in [3.8, 4) is 0 Å². The summed E-state index contributed by atoms with van der Waals surface area (Å²) in [7, 11) is 0. The Kier molecular flexibility index (Phi) is 5.89. The van der Waals surface area contributed by atoms with Crippen LogP contribution in [0.4, 0.5) is 17.1 Å². The van der Waals surface area contributed by atoms with Crippen LogP contribution >= 0.6 is 23.2 Å². The van der Waals surface area contributed by atoms with Gasteiger partial charge >= 0.3 is 0 Å². The highest BCUT2D eigenvalue weighted by Crippen LogP contribution is 2.35. The second-order valence-electron chi connectivity index (χ2n) is 4.88. The lowest BCUT2D eigenvalue weighted by Crippen LogP contribution is -2.31. The Balaban J connectivity index is 2.21. The number of halogens is 2. The maximum atomic E-state index is 12.2. The first-order valence-electron chi connectivity index (χ1n) is 6.91. The van der Waals surface area contributed by atoms with Crippen molar-refractivity contribution in [3.05, 3.63) is 52.5 Å². The molecule has 24 heavy (non-hydrogen) atoms. The predicted molar refractivity (Wildman–Crippen MR) is 94.9 cm³/mol. The molecule has 0 fully saturated rings. The zero-order valence-electron chi connectivity index (χ0n) is 12.7. The van der Waals surface area contributed by atoms with Gasteiger partial charge in [0.25, 0.3) is 5.91 Å². The zero-order chi connectivity index (χ0) is 17.7. The summed E-state index contributed by atoms with van der Waals surface area (Å²) in [4.78, 5) is 23.9. The fourth-order valence-corrected chi connectivity index (χ4v) is 2.14. The first-order valence-corrected chi connectivity index (χ1v) is 7.66. The van der Waals surface area contributed by atoms with Crippen molar-refractivity contribution in [2.24, 2.45) is 10.2 Å². The maximum Gasteiger partial charge on any atom is 0.258 e. The Labute approximate surface area is 148 Å². The van der Waals surface area contributed by atoms with E-state index in [4.69, 9.17) is 28.9 Å². The number of hydrogen-bond acceptors (Lipinski definition) is 5. The second kappa shape index (κ2) is 7.90. The molecule has 1 amide bonds. The second-order valence-corrected chi connectivity index (χ2v) is 5.66. The van der Waals surface area contributed by atoms with Crippen LogP contribution < -0.4 is 11.1 Å². The molecule has 0 saturated heterocycles. The predicted octanol–water partition coefficient (Wildman–Crippen LogP) is 4.26. The number of nitrogens with two attached hydrogens (primary N) is 1. The van der Waals surface area contributed by atoms with Crippen LogP contribution in [0.5, 0.6) is 0 Å². The van der Waals surface area contributed by atoms with Crippen molar-refractivity contribution in [1.29, 1.82) is 0 Å². The quantitative estimate of drug-likeness (QED) is 0.471. The van der Waals surface area contributed by atoms with Crippen LogP contribution in [0.15, 0.2) is 52.7 Å². The lowest BCUT2D eigenvalue weighted by molar-refractivity contribution is -0.126. The van der Waals surface area contributed by atoms with E-state index < -0.39 is 17.7 Å². The number of hydrogen-bond donors (Lipinski definition) is 2. The normalized spacial score (nSPS) is 12.1. The van der Waals surface area contributed by atoms with Crippen LogP contribution in [-0.4, -0.2) is 17.7 Å². The fourth-order valence-electron chi connectivity index (χ4n) is 1.81. The van der Waals surface area contributed by atoms with Gasteiger partial charge in [0, 0.05) is 5.69 Å². The Morgan fingerprint density at radius 2 is 1.79 bits per heavy atom. The summed E-state index contributed by atoms with van der Waals surface area (Å²) < 4.78 is 0. The minimum atomic E-state index is -1.29. The van der Waals surface area contributed by atoms with E-state index in [-0.39, 0.29) is 21.4 Å². The number of nitrogen functional groups attached to an aromatic ring is 1. The van der Waals surface area contributed by atoms with Crippen LogP contribution in [0.1, 0.15) is 6.92 Å². The molecule has 3 N–H and O–H groups in total. The molecule has 0 aliphatic rings. The lowest BCUT2D eigenvalue weighted by Gasteiger charge is -2.09. The van der Waals surface area contributed by atoms with Crippen LogP contribution in [0.2, 0.25) is 10.0 Å². The Bertz CT molecular complexity index is 794. The molecular formula is C16H14Cl2N4O2. The third kappa shape index (κ3) is 4.31. The Morgan fingerprint density at radius 1 is 1.12 bits per heavy atom. The summed E-state index contributed by atoms with van der Waals surface area (Å²) in [6, 6.07) is 10.4. The van der Waals surface area contributed by atoms with Crippen LogP contribution in [0, 0.1) is 0 Å². The van der Waals surface area contributed by atoms with Crippen LogP contribution in [0.3, 0.4) is 0 Å². The Hall–Kier alpha value is -2.44. The van der Waals surface area contributed by atoms with E-state index in [2.05, 4.69) is 15.5 Å². The molecule has 0 bridgehead atoms. The van der Waals surface area contributed by atoms with Gasteiger partial charge in [-0.15, -0.1) is 0 Å². The smallest absolute Gasteiger partial charge is 0.258 e. The minimum Gasteiger partial charge on any atom is -0.396 e. The van der Waals surface area contributed by atoms with Crippen molar-refractivity contribution in [2.45, 2.75) is 13.0 Å². The molecule has 0 saturated carbocycles. The van der Waals surface area contributed by atoms with Gasteiger partial charge in [-0.1, -0.05) is 41.4 Å². The number of azo groups is 1. The number of para-hydroxylation sites is 1. The SMILES string of the molecule is CC(=O)C(N=Nc1ccc(Cl)c(Cl)c1N)C(=O)Nc1ccccc1. The number of benzene rings is 2. The zero-order valence-corrected chi connectivity index (χ0v) is 14.2. The van der Waals surface area contributed by atoms with E-state index in [1.165, 1.54) is 19.1 Å². The molecule has 1 atom stereocenters. The molecule has 0 radical (unpaired) electrons. The average molecular weight is 365 g/mol. The van der Waals surface area contributed by atoms with E-state index in [0.717, 1.165) is 0 Å². The molecule has 124 valence electrons. The Morgan fingerprint density at radius 3 is 2.42 bits per heavy atom. The molecule has 0 spiro atoms. The minimum absolute atomic E-state index is 0.124. The number of rotatable bonds is 5. The van der Waals surface area contributed by atoms with E-state index in [0.29, 0.717) is 5.69 Å². The number of nitrogens with one attached hydrogen (secondary N) is 1. The molecule has 6 nitrogen and oxygen atoms in total. The molecule has 1 unspecified atom stereocenters. The van der Waals surface area contributed by atoms with Gasteiger partial charge in [0.2, 0.25) is 6.04 Å². The van der Waals surface area contributed by atoms with Gasteiger partial charge in [0.1, 0.15) is 5.69 Å². The maximum absolute atomic E-state index is 12.2. The molecule has 2 aromatic carbocycles. The van der Waals surface area contributed by atoms with Gasteiger partial charge in [-0.25, -0.2) is 0 Å². The van der Waals surface area contributed by atoms with E-state index >= 15 is 0 Å². The van der Waals surface area contributed by atoms with Gasteiger partial charge in [0.05, 0.1) is 15.7 Å². The number of Topliss-reactive ketones (excluding diaryl/α,β-unsaturated/α-hetero) is 1. The summed E-state index contributed by atoms with van der Waals surface area (Å²) in [5, 5.41) is 10.7. The highest BCUT2D eigenvalue weighted by Gasteiger charge is 2.23. The summed E-state index contributed by atoms with van der Waals surface area (Å²) in [5.41, 5.74) is 6.69. The molecule has 8 heteroatoms. The first kappa shape index (κ1) is 17.9. The largest absolute Gasteiger partial charge is 0.396 e. The monoisotopic (exact) mass is 364 g/mol. The average Bonchev–Trinajstić information content (AvgIpc) is 2.55. The van der Waals surface area contributed by atoms with Crippen molar-refractivity contribution < 1.29 is 9.59 Å². The molecule has 0 aliphatic carbocycles. The first-order chi connectivity index (χ1) is 11.4.